The highest BCUT2D eigenvalue weighted by Gasteiger charge is 2.11. The van der Waals surface area contributed by atoms with E-state index in [1.54, 1.807) is 36.4 Å². The van der Waals surface area contributed by atoms with Gasteiger partial charge in [-0.25, -0.2) is 4.39 Å². The average molecular weight is 437 g/mol. The van der Waals surface area contributed by atoms with Crippen molar-refractivity contribution in [1.82, 2.24) is 5.32 Å². The number of halogens is 1. The van der Waals surface area contributed by atoms with Crippen molar-refractivity contribution in [2.45, 2.75) is 13.0 Å². The molecular formula is C24H25FN4OS. The number of anilines is 3. The Morgan fingerprint density at radius 3 is 2.06 bits per heavy atom. The van der Waals surface area contributed by atoms with Gasteiger partial charge >= 0.3 is 0 Å². The van der Waals surface area contributed by atoms with Crippen molar-refractivity contribution in [3.63, 3.8) is 0 Å². The molecule has 160 valence electrons. The van der Waals surface area contributed by atoms with Crippen LogP contribution in [0, 0.1) is 5.82 Å². The highest BCUT2D eigenvalue weighted by Crippen LogP contribution is 2.19. The highest BCUT2D eigenvalue weighted by atomic mass is 32.1. The zero-order chi connectivity index (χ0) is 22.4. The minimum atomic E-state index is -0.555. The lowest BCUT2D eigenvalue weighted by Gasteiger charge is -2.19. The van der Waals surface area contributed by atoms with Crippen LogP contribution >= 0.6 is 12.2 Å². The normalized spacial score (nSPS) is 11.4. The van der Waals surface area contributed by atoms with Crippen molar-refractivity contribution < 1.29 is 9.18 Å². The van der Waals surface area contributed by atoms with Crippen LogP contribution < -0.4 is 20.9 Å². The van der Waals surface area contributed by atoms with Gasteiger partial charge in [-0.1, -0.05) is 24.3 Å². The molecule has 3 N–H and O–H groups in total. The first-order valence-corrected chi connectivity index (χ1v) is 10.2. The van der Waals surface area contributed by atoms with Gasteiger partial charge in [0.1, 0.15) is 5.82 Å². The zero-order valence-corrected chi connectivity index (χ0v) is 18.5. The SMILES string of the molecule is CC(NC(=S)Nc1ccc(NC(=O)c2ccccc2F)cc1)c1ccc(N(C)C)cc1. The van der Waals surface area contributed by atoms with E-state index >= 15 is 0 Å². The molecule has 3 rings (SSSR count). The van der Waals surface area contributed by atoms with Crippen molar-refractivity contribution in [2.75, 3.05) is 29.6 Å². The van der Waals surface area contributed by atoms with Crippen LogP contribution in [0.1, 0.15) is 28.9 Å². The Kier molecular flexibility index (Phi) is 7.20. The van der Waals surface area contributed by atoms with Gasteiger partial charge in [0.15, 0.2) is 5.11 Å². The summed E-state index contributed by atoms with van der Waals surface area (Å²) in [5.41, 5.74) is 3.60. The second-order valence-corrected chi connectivity index (χ2v) is 7.73. The minimum Gasteiger partial charge on any atom is -0.378 e. The van der Waals surface area contributed by atoms with Crippen molar-refractivity contribution in [3.8, 4) is 0 Å². The van der Waals surface area contributed by atoms with Gasteiger partial charge in [-0.3, -0.25) is 4.79 Å². The number of hydrogen-bond donors (Lipinski definition) is 3. The summed E-state index contributed by atoms with van der Waals surface area (Å²) in [6.07, 6.45) is 0. The molecule has 0 aromatic heterocycles. The van der Waals surface area contributed by atoms with E-state index in [0.29, 0.717) is 10.8 Å². The molecule has 0 saturated carbocycles. The number of hydrogen-bond acceptors (Lipinski definition) is 3. The lowest BCUT2D eigenvalue weighted by atomic mass is 10.1. The number of benzene rings is 3. The molecule has 1 atom stereocenters. The molecule has 31 heavy (non-hydrogen) atoms. The van der Waals surface area contributed by atoms with E-state index in [0.717, 1.165) is 16.9 Å². The first-order valence-electron chi connectivity index (χ1n) is 9.84. The number of nitrogens with one attached hydrogen (secondary N) is 3. The van der Waals surface area contributed by atoms with E-state index in [1.165, 1.54) is 12.1 Å². The summed E-state index contributed by atoms with van der Waals surface area (Å²) in [6, 6.07) is 21.2. The summed E-state index contributed by atoms with van der Waals surface area (Å²) in [7, 11) is 4.01. The fraction of sp³-hybridized carbons (Fsp3) is 0.167. The van der Waals surface area contributed by atoms with E-state index in [9.17, 15) is 9.18 Å². The number of nitrogens with zero attached hydrogens (tertiary/aromatic N) is 1. The predicted octanol–water partition coefficient (Wildman–Crippen LogP) is 5.19. The molecule has 0 aliphatic rings. The Morgan fingerprint density at radius 2 is 1.48 bits per heavy atom. The quantitative estimate of drug-likeness (QED) is 0.464. The molecule has 0 aliphatic heterocycles. The molecule has 0 aliphatic carbocycles. The van der Waals surface area contributed by atoms with E-state index in [-0.39, 0.29) is 11.6 Å². The summed E-state index contributed by atoms with van der Waals surface area (Å²) < 4.78 is 13.7. The van der Waals surface area contributed by atoms with Crippen LogP contribution in [0.3, 0.4) is 0 Å². The highest BCUT2D eigenvalue weighted by molar-refractivity contribution is 7.80. The Morgan fingerprint density at radius 1 is 0.903 bits per heavy atom. The molecule has 1 amide bonds. The fourth-order valence-electron chi connectivity index (χ4n) is 2.99. The molecule has 0 heterocycles. The molecule has 7 heteroatoms. The van der Waals surface area contributed by atoms with E-state index in [4.69, 9.17) is 12.2 Å². The van der Waals surface area contributed by atoms with E-state index < -0.39 is 11.7 Å². The third kappa shape index (κ3) is 6.02. The summed E-state index contributed by atoms with van der Waals surface area (Å²) in [5.74, 6) is -1.05. The van der Waals surface area contributed by atoms with Gasteiger partial charge in [-0.05, 0) is 73.2 Å². The van der Waals surface area contributed by atoms with Crippen molar-refractivity contribution in [2.24, 2.45) is 0 Å². The summed E-state index contributed by atoms with van der Waals surface area (Å²) in [4.78, 5) is 14.3. The average Bonchev–Trinajstić information content (AvgIpc) is 2.75. The maximum atomic E-state index is 13.7. The second kappa shape index (κ2) is 10.0. The van der Waals surface area contributed by atoms with E-state index in [1.807, 2.05) is 21.0 Å². The Bertz CT molecular complexity index is 1050. The molecule has 0 spiro atoms. The van der Waals surface area contributed by atoms with Crippen LogP contribution in [0.2, 0.25) is 0 Å². The van der Waals surface area contributed by atoms with Crippen LogP contribution in [-0.2, 0) is 0 Å². The Labute approximate surface area is 187 Å². The van der Waals surface area contributed by atoms with Gasteiger partial charge in [0.2, 0.25) is 0 Å². The molecule has 0 saturated heterocycles. The summed E-state index contributed by atoms with van der Waals surface area (Å²) >= 11 is 5.42. The Hall–Kier alpha value is -3.45. The fourth-order valence-corrected chi connectivity index (χ4v) is 3.28. The largest absolute Gasteiger partial charge is 0.378 e. The number of carbonyl (C=O) groups excluding carboxylic acids is 1. The molecule has 0 bridgehead atoms. The zero-order valence-electron chi connectivity index (χ0n) is 17.6. The van der Waals surface area contributed by atoms with Gasteiger partial charge in [0, 0.05) is 31.2 Å². The van der Waals surface area contributed by atoms with Gasteiger partial charge in [0.05, 0.1) is 11.6 Å². The van der Waals surface area contributed by atoms with Crippen LogP contribution in [-0.4, -0.2) is 25.1 Å². The van der Waals surface area contributed by atoms with Crippen molar-refractivity contribution in [3.05, 3.63) is 89.7 Å². The maximum Gasteiger partial charge on any atom is 0.258 e. The van der Waals surface area contributed by atoms with Gasteiger partial charge in [0.25, 0.3) is 5.91 Å². The van der Waals surface area contributed by atoms with Crippen LogP contribution in [0.15, 0.2) is 72.8 Å². The number of thiocarbonyl (C=S) groups is 1. The molecule has 3 aromatic rings. The monoisotopic (exact) mass is 436 g/mol. The topological polar surface area (TPSA) is 56.4 Å². The predicted molar refractivity (Wildman–Crippen MR) is 129 cm³/mol. The first kappa shape index (κ1) is 22.2. The molecular weight excluding hydrogens is 411 g/mol. The smallest absolute Gasteiger partial charge is 0.258 e. The Balaban J connectivity index is 1.55. The molecule has 0 radical (unpaired) electrons. The molecule has 5 nitrogen and oxygen atoms in total. The van der Waals surface area contributed by atoms with Gasteiger partial charge in [-0.15, -0.1) is 0 Å². The first-order chi connectivity index (χ1) is 14.8. The minimum absolute atomic E-state index is 0.00248. The van der Waals surface area contributed by atoms with Crippen LogP contribution in [0.25, 0.3) is 0 Å². The number of rotatable bonds is 6. The van der Waals surface area contributed by atoms with Crippen LogP contribution in [0.5, 0.6) is 0 Å². The third-order valence-corrected chi connectivity index (χ3v) is 5.00. The third-order valence-electron chi connectivity index (χ3n) is 4.78. The lowest BCUT2D eigenvalue weighted by molar-refractivity contribution is 0.102. The summed E-state index contributed by atoms with van der Waals surface area (Å²) in [6.45, 7) is 2.04. The second-order valence-electron chi connectivity index (χ2n) is 7.32. The maximum absolute atomic E-state index is 13.7. The molecule has 1 unspecified atom stereocenters. The molecule has 0 fully saturated rings. The number of carbonyl (C=O) groups is 1. The van der Waals surface area contributed by atoms with E-state index in [2.05, 4.69) is 45.1 Å². The van der Waals surface area contributed by atoms with Gasteiger partial charge < -0.3 is 20.9 Å². The summed E-state index contributed by atoms with van der Waals surface area (Å²) in [5, 5.41) is 9.58. The van der Waals surface area contributed by atoms with Crippen LogP contribution in [0.4, 0.5) is 21.5 Å². The molecule has 3 aromatic carbocycles. The number of amides is 1. The lowest BCUT2D eigenvalue weighted by Crippen LogP contribution is -2.30. The standard InChI is InChI=1S/C24H25FN4OS/c1-16(17-8-14-20(15-9-17)29(2)3)26-24(31)28-19-12-10-18(11-13-19)27-23(30)21-6-4-5-7-22(21)25/h4-16H,1-3H3,(H,27,30)(H2,26,28,31). The van der Waals surface area contributed by atoms with Gasteiger partial charge in [-0.2, -0.15) is 0 Å². The van der Waals surface area contributed by atoms with Crippen molar-refractivity contribution >= 4 is 40.3 Å². The van der Waals surface area contributed by atoms with Crippen molar-refractivity contribution in [1.29, 1.82) is 0 Å².